The van der Waals surface area contributed by atoms with Crippen LogP contribution in [0.2, 0.25) is 0 Å². The average Bonchev–Trinajstić information content (AvgIpc) is 3.46. The minimum absolute atomic E-state index is 0.0162. The van der Waals surface area contributed by atoms with Crippen LogP contribution in [0.3, 0.4) is 0 Å². The van der Waals surface area contributed by atoms with Gasteiger partial charge in [0.05, 0.1) is 17.2 Å². The van der Waals surface area contributed by atoms with Crippen molar-refractivity contribution in [2.24, 2.45) is 0 Å². The maximum absolute atomic E-state index is 13.3. The summed E-state index contributed by atoms with van der Waals surface area (Å²) in [7, 11) is 0. The normalized spacial score (nSPS) is 15.6. The molecule has 0 unspecified atom stereocenters. The summed E-state index contributed by atoms with van der Waals surface area (Å²) in [6.45, 7) is 0.690. The first kappa shape index (κ1) is 18.7. The van der Waals surface area contributed by atoms with E-state index in [2.05, 4.69) is 4.98 Å². The molecule has 5 rings (SSSR count). The molecule has 2 aliphatic rings. The third kappa shape index (κ3) is 3.51. The van der Waals surface area contributed by atoms with Gasteiger partial charge in [0.15, 0.2) is 11.5 Å². The van der Waals surface area contributed by atoms with Crippen LogP contribution in [0.5, 0.6) is 11.5 Å². The molecule has 1 aliphatic heterocycles. The largest absolute Gasteiger partial charge is 0.454 e. The molecule has 7 nitrogen and oxygen atoms in total. The number of para-hydroxylation sites is 1. The van der Waals surface area contributed by atoms with Crippen LogP contribution in [0.15, 0.2) is 53.6 Å². The van der Waals surface area contributed by atoms with E-state index in [4.69, 9.17) is 9.47 Å². The van der Waals surface area contributed by atoms with E-state index in [1.807, 2.05) is 35.2 Å². The van der Waals surface area contributed by atoms with Crippen LogP contribution in [0.4, 0.5) is 0 Å². The Bertz CT molecular complexity index is 1150. The highest BCUT2D eigenvalue weighted by Gasteiger charge is 2.28. The first-order chi connectivity index (χ1) is 14.7. The van der Waals surface area contributed by atoms with Crippen LogP contribution in [-0.4, -0.2) is 33.2 Å². The summed E-state index contributed by atoms with van der Waals surface area (Å²) < 4.78 is 12.3. The van der Waals surface area contributed by atoms with Crippen molar-refractivity contribution in [2.75, 3.05) is 6.79 Å². The summed E-state index contributed by atoms with van der Waals surface area (Å²) in [6.07, 6.45) is 5.68. The van der Waals surface area contributed by atoms with E-state index < -0.39 is 0 Å². The Labute approximate surface area is 173 Å². The fourth-order valence-electron chi connectivity index (χ4n) is 4.33. The van der Waals surface area contributed by atoms with Crippen LogP contribution in [-0.2, 0) is 17.9 Å². The summed E-state index contributed by atoms with van der Waals surface area (Å²) in [5, 5.41) is 0.524. The lowest BCUT2D eigenvalue weighted by Gasteiger charge is -2.29. The maximum Gasteiger partial charge on any atom is 0.261 e. The number of aromatic nitrogens is 2. The van der Waals surface area contributed by atoms with Crippen molar-refractivity contribution in [1.29, 1.82) is 0 Å². The van der Waals surface area contributed by atoms with Crippen LogP contribution in [0, 0.1) is 0 Å². The van der Waals surface area contributed by atoms with Crippen molar-refractivity contribution in [3.8, 4) is 11.5 Å². The van der Waals surface area contributed by atoms with E-state index in [0.717, 1.165) is 37.0 Å². The summed E-state index contributed by atoms with van der Waals surface area (Å²) in [6, 6.07) is 13.2. The van der Waals surface area contributed by atoms with Gasteiger partial charge in [0.1, 0.15) is 6.54 Å². The molecule has 1 amide bonds. The third-order valence-corrected chi connectivity index (χ3v) is 5.91. The fourth-order valence-corrected chi connectivity index (χ4v) is 4.33. The molecule has 2 aromatic carbocycles. The number of nitrogens with zero attached hydrogens (tertiary/aromatic N) is 3. The first-order valence-corrected chi connectivity index (χ1v) is 10.3. The molecule has 1 fully saturated rings. The Kier molecular flexibility index (Phi) is 4.86. The van der Waals surface area contributed by atoms with Gasteiger partial charge in [-0.1, -0.05) is 31.0 Å². The second kappa shape index (κ2) is 7.82. The molecule has 1 aliphatic carbocycles. The Hall–Kier alpha value is -3.35. The number of carbonyl (C=O) groups excluding carboxylic acids is 1. The molecule has 3 aromatic rings. The second-order valence-electron chi connectivity index (χ2n) is 7.84. The lowest BCUT2D eigenvalue weighted by Crippen LogP contribution is -2.41. The van der Waals surface area contributed by atoms with Gasteiger partial charge in [-0.25, -0.2) is 4.98 Å². The molecule has 154 valence electrons. The molecule has 30 heavy (non-hydrogen) atoms. The lowest BCUT2D eigenvalue weighted by molar-refractivity contribution is -0.134. The van der Waals surface area contributed by atoms with Crippen molar-refractivity contribution >= 4 is 16.8 Å². The van der Waals surface area contributed by atoms with Gasteiger partial charge in [0, 0.05) is 12.6 Å². The minimum atomic E-state index is -0.191. The van der Waals surface area contributed by atoms with Crippen LogP contribution >= 0.6 is 0 Å². The molecular formula is C23H23N3O4. The molecule has 0 spiro atoms. The maximum atomic E-state index is 13.3. The highest BCUT2D eigenvalue weighted by Crippen LogP contribution is 2.33. The SMILES string of the molecule is O=C(Cn1cnc2ccccc2c1=O)N(Cc1ccc2c(c1)OCO2)C1CCCC1. The standard InChI is InChI=1S/C23H23N3O4/c27-22(13-25-14-24-19-8-4-3-7-18(19)23(25)28)26(17-5-1-2-6-17)12-16-9-10-20-21(11-16)30-15-29-20/h3-4,7-11,14,17H,1-2,5-6,12-13,15H2. The molecule has 0 N–H and O–H groups in total. The van der Waals surface area contributed by atoms with Gasteiger partial charge in [-0.2, -0.15) is 0 Å². The average molecular weight is 405 g/mol. The lowest BCUT2D eigenvalue weighted by atomic mass is 10.1. The van der Waals surface area contributed by atoms with E-state index in [1.165, 1.54) is 10.9 Å². The van der Waals surface area contributed by atoms with Crippen molar-refractivity contribution in [3.05, 3.63) is 64.7 Å². The predicted molar refractivity (Wildman–Crippen MR) is 111 cm³/mol. The van der Waals surface area contributed by atoms with E-state index in [9.17, 15) is 9.59 Å². The molecule has 0 atom stereocenters. The van der Waals surface area contributed by atoms with Crippen molar-refractivity contribution in [3.63, 3.8) is 0 Å². The molecule has 1 saturated carbocycles. The number of hydrogen-bond donors (Lipinski definition) is 0. The van der Waals surface area contributed by atoms with Gasteiger partial charge in [-0.05, 0) is 42.7 Å². The zero-order valence-electron chi connectivity index (χ0n) is 16.6. The summed E-state index contributed by atoms with van der Waals surface area (Å²) in [5.41, 5.74) is 1.44. The number of carbonyl (C=O) groups is 1. The Morgan fingerprint density at radius 1 is 1.10 bits per heavy atom. The molecule has 1 aromatic heterocycles. The zero-order valence-corrected chi connectivity index (χ0v) is 16.6. The fraction of sp³-hybridized carbons (Fsp3) is 0.348. The molecular weight excluding hydrogens is 382 g/mol. The van der Waals surface area contributed by atoms with Crippen molar-refractivity contribution in [1.82, 2.24) is 14.5 Å². The van der Waals surface area contributed by atoms with Crippen molar-refractivity contribution < 1.29 is 14.3 Å². The smallest absolute Gasteiger partial charge is 0.261 e. The summed E-state index contributed by atoms with van der Waals surface area (Å²) >= 11 is 0. The summed E-state index contributed by atoms with van der Waals surface area (Å²) in [4.78, 5) is 32.4. The van der Waals surface area contributed by atoms with Gasteiger partial charge in [-0.3, -0.25) is 14.2 Å². The minimum Gasteiger partial charge on any atom is -0.454 e. The Morgan fingerprint density at radius 3 is 2.77 bits per heavy atom. The summed E-state index contributed by atoms with van der Waals surface area (Å²) in [5.74, 6) is 1.37. The second-order valence-corrected chi connectivity index (χ2v) is 7.84. The number of ether oxygens (including phenoxy) is 2. The van der Waals surface area contributed by atoms with Crippen LogP contribution in [0.25, 0.3) is 10.9 Å². The molecule has 0 bridgehead atoms. The topological polar surface area (TPSA) is 73.7 Å². The Balaban J connectivity index is 1.41. The zero-order chi connectivity index (χ0) is 20.5. The van der Waals surface area contributed by atoms with Gasteiger partial charge < -0.3 is 14.4 Å². The Morgan fingerprint density at radius 2 is 1.90 bits per heavy atom. The van der Waals surface area contributed by atoms with Gasteiger partial charge in [0.2, 0.25) is 12.7 Å². The van der Waals surface area contributed by atoms with Crippen molar-refractivity contribution in [2.45, 2.75) is 44.8 Å². The predicted octanol–water partition coefficient (Wildman–Crippen LogP) is 3.10. The number of amides is 1. The van der Waals surface area contributed by atoms with E-state index >= 15 is 0 Å². The molecule has 0 radical (unpaired) electrons. The molecule has 2 heterocycles. The van der Waals surface area contributed by atoms with E-state index in [1.54, 1.807) is 12.1 Å². The monoisotopic (exact) mass is 405 g/mol. The molecule has 0 saturated heterocycles. The number of fused-ring (bicyclic) bond motifs is 2. The highest BCUT2D eigenvalue weighted by atomic mass is 16.7. The highest BCUT2D eigenvalue weighted by molar-refractivity contribution is 5.79. The molecule has 7 heteroatoms. The first-order valence-electron chi connectivity index (χ1n) is 10.3. The third-order valence-electron chi connectivity index (χ3n) is 5.91. The number of benzene rings is 2. The van der Waals surface area contributed by atoms with Gasteiger partial charge in [-0.15, -0.1) is 0 Å². The van der Waals surface area contributed by atoms with Gasteiger partial charge in [0.25, 0.3) is 5.56 Å². The van der Waals surface area contributed by atoms with E-state index in [-0.39, 0.29) is 30.8 Å². The van der Waals surface area contributed by atoms with Crippen LogP contribution < -0.4 is 15.0 Å². The van der Waals surface area contributed by atoms with Crippen LogP contribution in [0.1, 0.15) is 31.2 Å². The number of hydrogen-bond acceptors (Lipinski definition) is 5. The van der Waals surface area contributed by atoms with E-state index in [0.29, 0.717) is 23.2 Å². The van der Waals surface area contributed by atoms with Gasteiger partial charge >= 0.3 is 0 Å². The quantitative estimate of drug-likeness (QED) is 0.652. The number of rotatable bonds is 5.